The molecule has 1 aromatic carbocycles. The average molecular weight is 271 g/mol. The number of benzene rings is 1. The van der Waals surface area contributed by atoms with Gasteiger partial charge in [0.2, 0.25) is 0 Å². The molecule has 1 aliphatic rings. The van der Waals surface area contributed by atoms with E-state index in [1.54, 1.807) is 11.8 Å². The Bertz CT molecular complexity index is 593. The highest BCUT2D eigenvalue weighted by Crippen LogP contribution is 2.23. The second-order valence-corrected chi connectivity index (χ2v) is 5.59. The van der Waals surface area contributed by atoms with Gasteiger partial charge < -0.3 is 5.32 Å². The number of hydrogen-bond donors (Lipinski definition) is 1. The van der Waals surface area contributed by atoms with Gasteiger partial charge in [-0.05, 0) is 43.8 Å². The third-order valence-corrected chi connectivity index (χ3v) is 4.24. The highest BCUT2D eigenvalue weighted by molar-refractivity contribution is 7.98. The summed E-state index contributed by atoms with van der Waals surface area (Å²) >= 11 is 1.75. The zero-order valence-corrected chi connectivity index (χ0v) is 12.0. The van der Waals surface area contributed by atoms with Crippen LogP contribution in [0.1, 0.15) is 17.0 Å². The Morgan fingerprint density at radius 3 is 2.68 bits per heavy atom. The van der Waals surface area contributed by atoms with Crippen LogP contribution in [0.25, 0.3) is 11.4 Å². The zero-order valence-electron chi connectivity index (χ0n) is 11.2. The van der Waals surface area contributed by atoms with Gasteiger partial charge in [-0.2, -0.15) is 0 Å². The van der Waals surface area contributed by atoms with E-state index < -0.39 is 0 Å². The first kappa shape index (κ1) is 12.6. The van der Waals surface area contributed by atoms with Crippen molar-refractivity contribution in [2.45, 2.75) is 24.8 Å². The van der Waals surface area contributed by atoms with Crippen molar-refractivity contribution in [2.75, 3.05) is 12.8 Å². The third-order valence-electron chi connectivity index (χ3n) is 3.49. The van der Waals surface area contributed by atoms with Crippen LogP contribution in [0.15, 0.2) is 29.2 Å². The van der Waals surface area contributed by atoms with Crippen molar-refractivity contribution >= 4 is 11.8 Å². The third kappa shape index (κ3) is 2.51. The molecular formula is C15H17N3S. The van der Waals surface area contributed by atoms with Crippen LogP contribution in [-0.2, 0) is 13.0 Å². The van der Waals surface area contributed by atoms with Crippen LogP contribution in [0, 0.1) is 6.92 Å². The van der Waals surface area contributed by atoms with E-state index >= 15 is 0 Å². The molecular weight excluding hydrogens is 254 g/mol. The van der Waals surface area contributed by atoms with Crippen LogP contribution in [0.2, 0.25) is 0 Å². The molecule has 0 unspecified atom stereocenters. The first-order valence-corrected chi connectivity index (χ1v) is 7.72. The van der Waals surface area contributed by atoms with Crippen molar-refractivity contribution in [3.63, 3.8) is 0 Å². The van der Waals surface area contributed by atoms with Gasteiger partial charge in [-0.25, -0.2) is 9.97 Å². The van der Waals surface area contributed by atoms with Gasteiger partial charge in [-0.15, -0.1) is 11.8 Å². The van der Waals surface area contributed by atoms with Crippen molar-refractivity contribution in [3.05, 3.63) is 41.2 Å². The maximum Gasteiger partial charge on any atom is 0.159 e. The van der Waals surface area contributed by atoms with E-state index in [9.17, 15) is 0 Å². The van der Waals surface area contributed by atoms with E-state index in [1.165, 1.54) is 10.5 Å². The Labute approximate surface area is 117 Å². The van der Waals surface area contributed by atoms with Crippen LogP contribution in [0.4, 0.5) is 0 Å². The number of aromatic nitrogens is 2. The molecule has 2 heterocycles. The smallest absolute Gasteiger partial charge is 0.159 e. The Kier molecular flexibility index (Phi) is 3.53. The fourth-order valence-electron chi connectivity index (χ4n) is 2.42. The Balaban J connectivity index is 2.02. The van der Waals surface area contributed by atoms with Gasteiger partial charge in [0.15, 0.2) is 5.82 Å². The van der Waals surface area contributed by atoms with Crippen molar-refractivity contribution in [3.8, 4) is 11.4 Å². The van der Waals surface area contributed by atoms with Crippen molar-refractivity contribution in [1.82, 2.24) is 15.3 Å². The van der Waals surface area contributed by atoms with Crippen molar-refractivity contribution < 1.29 is 0 Å². The molecule has 1 N–H and O–H groups in total. The monoisotopic (exact) mass is 271 g/mol. The summed E-state index contributed by atoms with van der Waals surface area (Å²) in [7, 11) is 0. The molecule has 0 fully saturated rings. The Hall–Kier alpha value is -1.39. The van der Waals surface area contributed by atoms with E-state index in [-0.39, 0.29) is 0 Å². The summed E-state index contributed by atoms with van der Waals surface area (Å²) in [4.78, 5) is 10.6. The Morgan fingerprint density at radius 2 is 1.95 bits per heavy atom. The molecule has 1 aromatic heterocycles. The first-order valence-electron chi connectivity index (χ1n) is 6.49. The molecule has 0 aliphatic carbocycles. The summed E-state index contributed by atoms with van der Waals surface area (Å²) in [6.07, 6.45) is 3.12. The molecule has 0 amide bonds. The number of fused-ring (bicyclic) bond motifs is 1. The summed E-state index contributed by atoms with van der Waals surface area (Å²) in [5.41, 5.74) is 4.69. The number of rotatable bonds is 2. The fraction of sp³-hybridized carbons (Fsp3) is 0.333. The van der Waals surface area contributed by atoms with E-state index in [4.69, 9.17) is 4.98 Å². The van der Waals surface area contributed by atoms with Gasteiger partial charge in [0.05, 0.1) is 5.69 Å². The van der Waals surface area contributed by atoms with Crippen LogP contribution in [-0.4, -0.2) is 22.8 Å². The molecule has 0 atom stereocenters. The van der Waals surface area contributed by atoms with Crippen LogP contribution < -0.4 is 5.32 Å². The second-order valence-electron chi connectivity index (χ2n) is 4.71. The standard InChI is InChI=1S/C15H17N3S/c1-10-13-7-8-16-9-14(13)18-15(17-10)11-3-5-12(19-2)6-4-11/h3-6,16H,7-9H2,1-2H3. The van der Waals surface area contributed by atoms with E-state index in [2.05, 4.69) is 47.7 Å². The molecule has 0 bridgehead atoms. The van der Waals surface area contributed by atoms with Gasteiger partial charge >= 0.3 is 0 Å². The summed E-state index contributed by atoms with van der Waals surface area (Å²) in [5.74, 6) is 0.840. The molecule has 19 heavy (non-hydrogen) atoms. The van der Waals surface area contributed by atoms with Crippen LogP contribution >= 0.6 is 11.8 Å². The molecule has 0 saturated carbocycles. The number of hydrogen-bond acceptors (Lipinski definition) is 4. The highest BCUT2D eigenvalue weighted by Gasteiger charge is 2.15. The predicted octanol–water partition coefficient (Wildman–Crippen LogP) is 2.82. The van der Waals surface area contributed by atoms with Gasteiger partial charge in [0.25, 0.3) is 0 Å². The summed E-state index contributed by atoms with van der Waals surface area (Å²) < 4.78 is 0. The summed E-state index contributed by atoms with van der Waals surface area (Å²) in [5, 5.41) is 3.37. The van der Waals surface area contributed by atoms with E-state index in [0.29, 0.717) is 0 Å². The lowest BCUT2D eigenvalue weighted by Gasteiger charge is -2.18. The lowest BCUT2D eigenvalue weighted by molar-refractivity contribution is 0.620. The first-order chi connectivity index (χ1) is 9.28. The molecule has 0 spiro atoms. The fourth-order valence-corrected chi connectivity index (χ4v) is 2.82. The lowest BCUT2D eigenvalue weighted by Crippen LogP contribution is -2.26. The number of thioether (sulfide) groups is 1. The van der Waals surface area contributed by atoms with Crippen LogP contribution in [0.3, 0.4) is 0 Å². The molecule has 1 aliphatic heterocycles. The number of aryl methyl sites for hydroxylation is 1. The maximum absolute atomic E-state index is 4.72. The maximum atomic E-state index is 4.72. The second kappa shape index (κ2) is 5.31. The highest BCUT2D eigenvalue weighted by atomic mass is 32.2. The van der Waals surface area contributed by atoms with E-state index in [0.717, 1.165) is 42.3 Å². The molecule has 0 saturated heterocycles. The minimum atomic E-state index is 0.840. The average Bonchev–Trinajstić information content (AvgIpc) is 2.47. The number of nitrogens with zero attached hydrogens (tertiary/aromatic N) is 2. The molecule has 4 heteroatoms. The normalized spacial score (nSPS) is 14.2. The van der Waals surface area contributed by atoms with E-state index in [1.807, 2.05) is 0 Å². The van der Waals surface area contributed by atoms with Crippen LogP contribution in [0.5, 0.6) is 0 Å². The van der Waals surface area contributed by atoms with Gasteiger partial charge in [0.1, 0.15) is 0 Å². The minimum absolute atomic E-state index is 0.840. The minimum Gasteiger partial charge on any atom is -0.311 e. The predicted molar refractivity (Wildman–Crippen MR) is 79.4 cm³/mol. The zero-order chi connectivity index (χ0) is 13.2. The summed E-state index contributed by atoms with van der Waals surface area (Å²) in [6.45, 7) is 3.97. The summed E-state index contributed by atoms with van der Waals surface area (Å²) in [6, 6.07) is 8.44. The lowest BCUT2D eigenvalue weighted by atomic mass is 10.0. The number of nitrogens with one attached hydrogen (secondary N) is 1. The molecule has 98 valence electrons. The SMILES string of the molecule is CSc1ccc(-c2nc(C)c3c(n2)CNCC3)cc1. The molecule has 2 aromatic rings. The van der Waals surface area contributed by atoms with Gasteiger partial charge in [-0.1, -0.05) is 12.1 Å². The van der Waals surface area contributed by atoms with Crippen molar-refractivity contribution in [2.24, 2.45) is 0 Å². The largest absolute Gasteiger partial charge is 0.311 e. The Morgan fingerprint density at radius 1 is 1.16 bits per heavy atom. The molecule has 3 nitrogen and oxygen atoms in total. The molecule has 3 rings (SSSR count). The topological polar surface area (TPSA) is 37.8 Å². The van der Waals surface area contributed by atoms with Gasteiger partial charge in [0, 0.05) is 22.7 Å². The van der Waals surface area contributed by atoms with Gasteiger partial charge in [-0.3, -0.25) is 0 Å². The molecule has 0 radical (unpaired) electrons. The van der Waals surface area contributed by atoms with Crippen molar-refractivity contribution in [1.29, 1.82) is 0 Å². The quantitative estimate of drug-likeness (QED) is 0.852.